The maximum atomic E-state index is 4.85. The van der Waals surface area contributed by atoms with Crippen molar-refractivity contribution in [2.75, 3.05) is 0 Å². The highest BCUT2D eigenvalue weighted by Gasteiger charge is 2.36. The Morgan fingerprint density at radius 1 is 0.511 bits per heavy atom. The number of hydrogen-bond donors (Lipinski definition) is 0. The molecule has 0 unspecified atom stereocenters. The summed E-state index contributed by atoms with van der Waals surface area (Å²) in [6.07, 6.45) is 2.03. The highest BCUT2D eigenvalue weighted by molar-refractivity contribution is 6.12. The number of para-hydroxylation sites is 4. The molecule has 3 heterocycles. The zero-order valence-corrected chi connectivity index (χ0v) is 25.1. The molecule has 0 N–H and O–H groups in total. The van der Waals surface area contributed by atoms with E-state index in [-0.39, 0.29) is 5.41 Å². The quantitative estimate of drug-likeness (QED) is 0.201. The van der Waals surface area contributed by atoms with Crippen molar-refractivity contribution in [3.8, 4) is 27.9 Å². The highest BCUT2D eigenvalue weighted by atomic mass is 15.0. The van der Waals surface area contributed by atoms with Gasteiger partial charge in [0, 0.05) is 32.8 Å². The first-order valence-electron chi connectivity index (χ1n) is 15.6. The molecule has 10 rings (SSSR count). The summed E-state index contributed by atoms with van der Waals surface area (Å²) in [5.41, 5.74) is 15.9. The predicted molar refractivity (Wildman–Crippen MR) is 188 cm³/mol. The first-order chi connectivity index (χ1) is 22.1. The summed E-state index contributed by atoms with van der Waals surface area (Å²) in [5, 5.41) is 3.82. The van der Waals surface area contributed by atoms with Crippen molar-refractivity contribution in [3.63, 3.8) is 0 Å². The van der Waals surface area contributed by atoms with Crippen molar-refractivity contribution in [1.82, 2.24) is 14.0 Å². The Labute approximate surface area is 260 Å². The van der Waals surface area contributed by atoms with E-state index in [4.69, 9.17) is 4.98 Å². The van der Waals surface area contributed by atoms with Crippen LogP contribution < -0.4 is 0 Å². The average Bonchev–Trinajstić information content (AvgIpc) is 3.68. The minimum absolute atomic E-state index is 0.0335. The van der Waals surface area contributed by atoms with Gasteiger partial charge in [0.1, 0.15) is 0 Å². The summed E-state index contributed by atoms with van der Waals surface area (Å²) in [6, 6.07) is 48.8. The summed E-state index contributed by atoms with van der Waals surface area (Å²) in [6.45, 7) is 4.71. The number of aromatic nitrogens is 3. The van der Waals surface area contributed by atoms with Crippen LogP contribution in [0, 0.1) is 0 Å². The van der Waals surface area contributed by atoms with Gasteiger partial charge in [-0.3, -0.25) is 4.98 Å². The van der Waals surface area contributed by atoms with Crippen molar-refractivity contribution in [2.24, 2.45) is 0 Å². The average molecular weight is 576 g/mol. The molecular formula is C42H29N3. The molecule has 0 spiro atoms. The van der Waals surface area contributed by atoms with Crippen LogP contribution in [-0.2, 0) is 5.41 Å². The monoisotopic (exact) mass is 575 g/mol. The highest BCUT2D eigenvalue weighted by Crippen LogP contribution is 2.51. The second-order valence-corrected chi connectivity index (χ2v) is 12.8. The zero-order valence-electron chi connectivity index (χ0n) is 25.1. The van der Waals surface area contributed by atoms with E-state index in [0.29, 0.717) is 0 Å². The number of nitrogens with zero attached hydrogens (tertiary/aromatic N) is 3. The van der Waals surface area contributed by atoms with E-state index in [0.717, 1.165) is 22.2 Å². The van der Waals surface area contributed by atoms with Crippen molar-refractivity contribution >= 4 is 49.3 Å². The van der Waals surface area contributed by atoms with E-state index in [1.54, 1.807) is 0 Å². The molecule has 0 fully saturated rings. The molecule has 0 radical (unpaired) electrons. The van der Waals surface area contributed by atoms with Gasteiger partial charge in [-0.25, -0.2) is 0 Å². The minimum Gasteiger partial charge on any atom is -0.309 e. The summed E-state index contributed by atoms with van der Waals surface area (Å²) < 4.78 is 4.79. The Kier molecular flexibility index (Phi) is 4.79. The third-order valence-corrected chi connectivity index (χ3v) is 10.1. The lowest BCUT2D eigenvalue weighted by Crippen LogP contribution is -2.14. The van der Waals surface area contributed by atoms with E-state index in [2.05, 4.69) is 156 Å². The molecule has 0 bridgehead atoms. The Morgan fingerprint density at radius 2 is 1.20 bits per heavy atom. The molecule has 1 aliphatic carbocycles. The van der Waals surface area contributed by atoms with Crippen molar-refractivity contribution in [1.29, 1.82) is 0 Å². The van der Waals surface area contributed by atoms with Gasteiger partial charge in [-0.1, -0.05) is 98.8 Å². The predicted octanol–water partition coefficient (Wildman–Crippen LogP) is 10.7. The molecule has 0 saturated carbocycles. The van der Waals surface area contributed by atoms with Gasteiger partial charge in [0.2, 0.25) is 0 Å². The van der Waals surface area contributed by atoms with Crippen LogP contribution >= 0.6 is 0 Å². The second-order valence-electron chi connectivity index (χ2n) is 12.8. The molecule has 0 amide bonds. The molecule has 0 atom stereocenters. The Balaban J connectivity index is 1.20. The molecule has 0 aliphatic heterocycles. The van der Waals surface area contributed by atoms with Crippen molar-refractivity contribution in [2.45, 2.75) is 19.3 Å². The number of rotatable bonds is 2. The molecular weight excluding hydrogens is 546 g/mol. The third kappa shape index (κ3) is 3.22. The van der Waals surface area contributed by atoms with Crippen LogP contribution in [0.3, 0.4) is 0 Å². The first kappa shape index (κ1) is 24.7. The Bertz CT molecular complexity index is 2670. The molecule has 1 aliphatic rings. The summed E-state index contributed by atoms with van der Waals surface area (Å²) in [5.74, 6) is 0. The van der Waals surface area contributed by atoms with E-state index in [1.165, 1.54) is 66.1 Å². The number of benzene rings is 6. The lowest BCUT2D eigenvalue weighted by molar-refractivity contribution is 0.661. The molecule has 212 valence electrons. The maximum absolute atomic E-state index is 4.85. The van der Waals surface area contributed by atoms with E-state index < -0.39 is 0 Å². The topological polar surface area (TPSA) is 22.2 Å². The standard InChI is InChI=1S/C42H29N3/c1-42(2)33-14-6-3-11-28(33)31-24-39-32(23-34(31)42)29-12-4-8-16-36(29)44(39)27-21-19-26(20-22-27)41-30-13-5-9-17-37(30)45-38-18-10-7-15-35(38)43-25-40(41)45/h3-25H,1-2H3. The van der Waals surface area contributed by atoms with Crippen LogP contribution in [0.1, 0.15) is 25.0 Å². The maximum Gasteiger partial charge on any atom is 0.0871 e. The van der Waals surface area contributed by atoms with Gasteiger partial charge in [-0.05, 0) is 76.3 Å². The van der Waals surface area contributed by atoms with Crippen LogP contribution in [0.15, 0.2) is 140 Å². The third-order valence-electron chi connectivity index (χ3n) is 10.1. The van der Waals surface area contributed by atoms with Gasteiger partial charge in [-0.15, -0.1) is 0 Å². The fraction of sp³-hybridized carbons (Fsp3) is 0.0714. The molecule has 3 heteroatoms. The van der Waals surface area contributed by atoms with Crippen molar-refractivity contribution in [3.05, 3.63) is 151 Å². The van der Waals surface area contributed by atoms with Gasteiger partial charge in [-0.2, -0.15) is 0 Å². The van der Waals surface area contributed by atoms with Crippen molar-refractivity contribution < 1.29 is 0 Å². The van der Waals surface area contributed by atoms with Gasteiger partial charge in [0.25, 0.3) is 0 Å². The minimum atomic E-state index is -0.0335. The van der Waals surface area contributed by atoms with E-state index in [9.17, 15) is 0 Å². The van der Waals surface area contributed by atoms with Crippen LogP contribution in [0.2, 0.25) is 0 Å². The lowest BCUT2D eigenvalue weighted by atomic mass is 9.82. The van der Waals surface area contributed by atoms with Crippen LogP contribution in [0.4, 0.5) is 0 Å². The number of fused-ring (bicyclic) bond motifs is 11. The van der Waals surface area contributed by atoms with Crippen LogP contribution in [0.5, 0.6) is 0 Å². The molecule has 3 nitrogen and oxygen atoms in total. The molecule has 6 aromatic carbocycles. The SMILES string of the molecule is CC1(C)c2ccccc2-c2cc3c(cc21)c1ccccc1n3-c1ccc(-c2c3ccccc3n3c2cnc2ccccc23)cc1. The zero-order chi connectivity index (χ0) is 29.9. The van der Waals surface area contributed by atoms with E-state index >= 15 is 0 Å². The van der Waals surface area contributed by atoms with Crippen LogP contribution in [-0.4, -0.2) is 14.0 Å². The second kappa shape index (κ2) is 8.71. The lowest BCUT2D eigenvalue weighted by Gasteiger charge is -2.21. The van der Waals surface area contributed by atoms with Crippen LogP contribution in [0.25, 0.3) is 77.2 Å². The molecule has 0 saturated heterocycles. The fourth-order valence-electron chi connectivity index (χ4n) is 8.06. The smallest absolute Gasteiger partial charge is 0.0871 e. The number of hydrogen-bond acceptors (Lipinski definition) is 1. The summed E-state index contributed by atoms with van der Waals surface area (Å²) in [4.78, 5) is 4.85. The normalized spacial score (nSPS) is 13.7. The summed E-state index contributed by atoms with van der Waals surface area (Å²) in [7, 11) is 0. The fourth-order valence-corrected chi connectivity index (χ4v) is 8.06. The van der Waals surface area contributed by atoms with Gasteiger partial charge >= 0.3 is 0 Å². The molecule has 9 aromatic rings. The molecule has 45 heavy (non-hydrogen) atoms. The van der Waals surface area contributed by atoms with E-state index in [1.807, 2.05) is 6.20 Å². The summed E-state index contributed by atoms with van der Waals surface area (Å²) >= 11 is 0. The largest absolute Gasteiger partial charge is 0.309 e. The van der Waals surface area contributed by atoms with Gasteiger partial charge in [0.05, 0.1) is 39.3 Å². The van der Waals surface area contributed by atoms with Gasteiger partial charge in [0.15, 0.2) is 0 Å². The molecule has 3 aromatic heterocycles. The Morgan fingerprint density at radius 3 is 2.04 bits per heavy atom. The Hall–Kier alpha value is -5.67. The first-order valence-corrected chi connectivity index (χ1v) is 15.6. The van der Waals surface area contributed by atoms with Gasteiger partial charge < -0.3 is 8.97 Å².